The fourth-order valence-electron chi connectivity index (χ4n) is 4.34. The van der Waals surface area contributed by atoms with Crippen molar-refractivity contribution in [2.24, 2.45) is 17.8 Å². The average Bonchev–Trinajstić information content (AvgIpc) is 2.93. The molecule has 0 aromatic heterocycles. The van der Waals surface area contributed by atoms with Crippen LogP contribution in [0.1, 0.15) is 42.1 Å². The molecular formula is C23H24N2O3. The highest BCUT2D eigenvalue weighted by Gasteiger charge is 2.50. The molecule has 28 heavy (non-hydrogen) atoms. The molecule has 1 saturated heterocycles. The summed E-state index contributed by atoms with van der Waals surface area (Å²) in [6.07, 6.45) is 2.51. The van der Waals surface area contributed by atoms with Gasteiger partial charge in [-0.2, -0.15) is 0 Å². The van der Waals surface area contributed by atoms with Crippen molar-refractivity contribution in [3.63, 3.8) is 0 Å². The molecule has 4 rings (SSSR count). The summed E-state index contributed by atoms with van der Waals surface area (Å²) >= 11 is 0. The molecule has 0 spiro atoms. The van der Waals surface area contributed by atoms with Crippen molar-refractivity contribution in [2.45, 2.75) is 33.1 Å². The minimum absolute atomic E-state index is 0.127. The van der Waals surface area contributed by atoms with Gasteiger partial charge in [0.1, 0.15) is 0 Å². The van der Waals surface area contributed by atoms with E-state index in [9.17, 15) is 14.4 Å². The Morgan fingerprint density at radius 3 is 2.54 bits per heavy atom. The normalized spacial score (nSPS) is 24.2. The van der Waals surface area contributed by atoms with Crippen LogP contribution in [0.3, 0.4) is 0 Å². The molecule has 1 aliphatic heterocycles. The Morgan fingerprint density at radius 2 is 1.75 bits per heavy atom. The molecule has 0 bridgehead atoms. The van der Waals surface area contributed by atoms with E-state index < -0.39 is 0 Å². The Morgan fingerprint density at radius 1 is 1.00 bits per heavy atom. The quantitative estimate of drug-likeness (QED) is 0.818. The van der Waals surface area contributed by atoms with Gasteiger partial charge in [0.2, 0.25) is 11.8 Å². The third kappa shape index (κ3) is 3.21. The minimum Gasteiger partial charge on any atom is -0.322 e. The van der Waals surface area contributed by atoms with Gasteiger partial charge in [0.25, 0.3) is 5.91 Å². The molecule has 1 aliphatic carbocycles. The van der Waals surface area contributed by atoms with Crippen LogP contribution < -0.4 is 10.2 Å². The molecule has 1 heterocycles. The number of carbonyl (C=O) groups is 3. The van der Waals surface area contributed by atoms with E-state index in [0.29, 0.717) is 17.2 Å². The van der Waals surface area contributed by atoms with E-state index in [-0.39, 0.29) is 29.6 Å². The maximum atomic E-state index is 12.9. The average molecular weight is 376 g/mol. The van der Waals surface area contributed by atoms with Crippen LogP contribution in [-0.2, 0) is 9.59 Å². The third-order valence-electron chi connectivity index (χ3n) is 5.95. The maximum absolute atomic E-state index is 12.9. The molecule has 3 amide bonds. The molecule has 2 aromatic rings. The molecule has 2 fully saturated rings. The van der Waals surface area contributed by atoms with Crippen LogP contribution in [0.25, 0.3) is 0 Å². The predicted molar refractivity (Wildman–Crippen MR) is 108 cm³/mol. The summed E-state index contributed by atoms with van der Waals surface area (Å²) in [6, 6.07) is 14.3. The predicted octanol–water partition coefficient (Wildman–Crippen LogP) is 4.17. The second kappa shape index (κ2) is 7.23. The first-order valence-electron chi connectivity index (χ1n) is 9.80. The molecule has 144 valence electrons. The highest BCUT2D eigenvalue weighted by atomic mass is 16.2. The van der Waals surface area contributed by atoms with Crippen molar-refractivity contribution < 1.29 is 14.4 Å². The lowest BCUT2D eigenvalue weighted by atomic mass is 9.76. The van der Waals surface area contributed by atoms with Gasteiger partial charge in [0.05, 0.1) is 17.5 Å². The molecule has 1 saturated carbocycles. The van der Waals surface area contributed by atoms with E-state index in [1.165, 1.54) is 4.90 Å². The molecule has 0 radical (unpaired) electrons. The fourth-order valence-corrected chi connectivity index (χ4v) is 4.34. The molecule has 5 nitrogen and oxygen atoms in total. The van der Waals surface area contributed by atoms with Gasteiger partial charge in [-0.1, -0.05) is 31.2 Å². The van der Waals surface area contributed by atoms with Crippen LogP contribution in [0.2, 0.25) is 0 Å². The zero-order chi connectivity index (χ0) is 19.8. The van der Waals surface area contributed by atoms with Crippen molar-refractivity contribution in [3.05, 3.63) is 59.7 Å². The lowest BCUT2D eigenvalue weighted by Crippen LogP contribution is -2.31. The Hall–Kier alpha value is -2.95. The largest absolute Gasteiger partial charge is 0.322 e. The number of nitrogens with zero attached hydrogens (tertiary/aromatic N) is 1. The first kappa shape index (κ1) is 18.4. The monoisotopic (exact) mass is 376 g/mol. The number of hydrogen-bond acceptors (Lipinski definition) is 3. The molecule has 2 aromatic carbocycles. The number of amides is 3. The van der Waals surface area contributed by atoms with Crippen LogP contribution >= 0.6 is 0 Å². The zero-order valence-electron chi connectivity index (χ0n) is 16.1. The SMILES string of the molecule is Cc1ccccc1NC(=O)c1cccc(N2C(=O)[C@H]3C[C@H](C)CC[C@H]3C2=O)c1. The minimum atomic E-state index is -0.263. The van der Waals surface area contributed by atoms with Gasteiger partial charge in [0.15, 0.2) is 0 Å². The second-order valence-electron chi connectivity index (χ2n) is 7.96. The number of imide groups is 1. The second-order valence-corrected chi connectivity index (χ2v) is 7.96. The number of benzene rings is 2. The van der Waals surface area contributed by atoms with Crippen LogP contribution in [0.15, 0.2) is 48.5 Å². The third-order valence-corrected chi connectivity index (χ3v) is 5.95. The smallest absolute Gasteiger partial charge is 0.255 e. The van der Waals surface area contributed by atoms with Crippen LogP contribution in [0.5, 0.6) is 0 Å². The standard InChI is InChI=1S/C23H24N2O3/c1-14-10-11-18-19(12-14)23(28)25(22(18)27)17-8-5-7-16(13-17)21(26)24-20-9-4-3-6-15(20)2/h3-9,13-14,18-19H,10-12H2,1-2H3,(H,24,26)/t14-,18-,19+/m1/s1. The van der Waals surface area contributed by atoms with E-state index in [2.05, 4.69) is 12.2 Å². The van der Waals surface area contributed by atoms with Gasteiger partial charge in [-0.3, -0.25) is 19.3 Å². The number of nitrogens with one attached hydrogen (secondary N) is 1. The summed E-state index contributed by atoms with van der Waals surface area (Å²) in [5, 5.41) is 2.90. The van der Waals surface area contributed by atoms with Gasteiger partial charge >= 0.3 is 0 Å². The van der Waals surface area contributed by atoms with Gasteiger partial charge < -0.3 is 5.32 Å². The van der Waals surface area contributed by atoms with Gasteiger partial charge in [-0.25, -0.2) is 0 Å². The number of anilines is 2. The van der Waals surface area contributed by atoms with Gasteiger partial charge in [-0.05, 0) is 61.9 Å². The van der Waals surface area contributed by atoms with E-state index >= 15 is 0 Å². The number of fused-ring (bicyclic) bond motifs is 1. The number of carbonyl (C=O) groups excluding carboxylic acids is 3. The van der Waals surface area contributed by atoms with Crippen LogP contribution in [0, 0.1) is 24.7 Å². The Balaban J connectivity index is 1.59. The number of hydrogen-bond donors (Lipinski definition) is 1. The summed E-state index contributed by atoms with van der Waals surface area (Å²) in [5.74, 6) is -0.490. The van der Waals surface area contributed by atoms with E-state index in [1.807, 2.05) is 31.2 Å². The first-order chi connectivity index (χ1) is 13.5. The van der Waals surface area contributed by atoms with E-state index in [1.54, 1.807) is 24.3 Å². The molecule has 0 unspecified atom stereocenters. The molecule has 5 heteroatoms. The maximum Gasteiger partial charge on any atom is 0.255 e. The molecule has 3 atom stereocenters. The topological polar surface area (TPSA) is 66.5 Å². The van der Waals surface area contributed by atoms with Crippen molar-refractivity contribution in [1.29, 1.82) is 0 Å². The Bertz CT molecular complexity index is 952. The fraction of sp³-hybridized carbons (Fsp3) is 0.348. The summed E-state index contributed by atoms with van der Waals surface area (Å²) in [6.45, 7) is 4.06. The first-order valence-corrected chi connectivity index (χ1v) is 9.80. The summed E-state index contributed by atoms with van der Waals surface area (Å²) in [7, 11) is 0. The van der Waals surface area contributed by atoms with E-state index in [4.69, 9.17) is 0 Å². The lowest BCUT2D eigenvalue weighted by molar-refractivity contribution is -0.122. The van der Waals surface area contributed by atoms with Crippen molar-refractivity contribution >= 4 is 29.1 Å². The Kier molecular flexibility index (Phi) is 4.75. The van der Waals surface area contributed by atoms with Crippen molar-refractivity contribution in [2.75, 3.05) is 10.2 Å². The van der Waals surface area contributed by atoms with Crippen molar-refractivity contribution in [3.8, 4) is 0 Å². The molecule has 2 aliphatic rings. The summed E-state index contributed by atoms with van der Waals surface area (Å²) in [5.41, 5.74) is 2.61. The Labute approximate surface area is 164 Å². The number of para-hydroxylation sites is 1. The van der Waals surface area contributed by atoms with E-state index in [0.717, 1.165) is 30.5 Å². The van der Waals surface area contributed by atoms with Crippen LogP contribution in [0.4, 0.5) is 11.4 Å². The molecular weight excluding hydrogens is 352 g/mol. The van der Waals surface area contributed by atoms with Gasteiger partial charge in [-0.15, -0.1) is 0 Å². The number of aryl methyl sites for hydroxylation is 1. The summed E-state index contributed by atoms with van der Waals surface area (Å²) in [4.78, 5) is 39.8. The highest BCUT2D eigenvalue weighted by molar-refractivity contribution is 6.22. The lowest BCUT2D eigenvalue weighted by Gasteiger charge is -2.25. The zero-order valence-corrected chi connectivity index (χ0v) is 16.1. The van der Waals surface area contributed by atoms with Crippen LogP contribution in [-0.4, -0.2) is 17.7 Å². The summed E-state index contributed by atoms with van der Waals surface area (Å²) < 4.78 is 0. The highest BCUT2D eigenvalue weighted by Crippen LogP contribution is 2.42. The van der Waals surface area contributed by atoms with Crippen molar-refractivity contribution in [1.82, 2.24) is 0 Å². The van der Waals surface area contributed by atoms with Gasteiger partial charge in [0, 0.05) is 11.3 Å². The molecule has 1 N–H and O–H groups in total. The number of rotatable bonds is 3.